The number of nitrogens with zero attached hydrogens (tertiary/aromatic N) is 2. The highest BCUT2D eigenvalue weighted by molar-refractivity contribution is 9.08. The predicted octanol–water partition coefficient (Wildman–Crippen LogP) is 2.39. The molecule has 6 heteroatoms. The summed E-state index contributed by atoms with van der Waals surface area (Å²) in [7, 11) is 0. The Hall–Kier alpha value is -1.61. The minimum Gasteiger partial charge on any atom is -0.472 e. The fraction of sp³-hybridized carbons (Fsp3) is 0.222. The fourth-order valence-corrected chi connectivity index (χ4v) is 1.37. The van der Waals surface area contributed by atoms with Crippen molar-refractivity contribution >= 4 is 21.6 Å². The Labute approximate surface area is 94.6 Å². The summed E-state index contributed by atoms with van der Waals surface area (Å²) in [5, 5.41) is 19.5. The molecule has 0 heterocycles. The number of rotatable bonds is 4. The molecule has 0 atom stereocenters. The lowest BCUT2D eigenvalue weighted by Gasteiger charge is -2.04. The molecule has 0 aliphatic heterocycles. The Morgan fingerprint density at radius 2 is 2.33 bits per heavy atom. The zero-order chi connectivity index (χ0) is 11.3. The highest BCUT2D eigenvalue weighted by Gasteiger charge is 2.15. The number of nitro groups is 1. The van der Waals surface area contributed by atoms with E-state index in [1.54, 1.807) is 18.2 Å². The van der Waals surface area contributed by atoms with Crippen LogP contribution in [0, 0.1) is 21.4 Å². The number of alkyl halides is 1. The molecule has 0 aliphatic carbocycles. The smallest absolute Gasteiger partial charge is 0.310 e. The van der Waals surface area contributed by atoms with Crippen LogP contribution in [0.5, 0.6) is 5.75 Å². The molecule has 0 saturated carbocycles. The first kappa shape index (κ1) is 11.5. The van der Waals surface area contributed by atoms with Crippen LogP contribution in [0.4, 0.5) is 5.69 Å². The number of halogens is 1. The van der Waals surface area contributed by atoms with E-state index in [-0.39, 0.29) is 18.0 Å². The maximum absolute atomic E-state index is 10.6. The van der Waals surface area contributed by atoms with E-state index in [0.29, 0.717) is 5.33 Å². The normalized spacial score (nSPS) is 9.33. The first-order valence-corrected chi connectivity index (χ1v) is 5.14. The Morgan fingerprint density at radius 3 is 2.87 bits per heavy atom. The van der Waals surface area contributed by atoms with Crippen molar-refractivity contribution in [3.05, 3.63) is 33.9 Å². The number of nitriles is 1. The molecule has 0 saturated heterocycles. The van der Waals surface area contributed by atoms with Crippen molar-refractivity contribution in [2.45, 2.75) is 5.33 Å². The van der Waals surface area contributed by atoms with Gasteiger partial charge in [0.2, 0.25) is 0 Å². The molecule has 1 aromatic carbocycles. The molecule has 0 radical (unpaired) electrons. The Kier molecular flexibility index (Phi) is 4.06. The Bertz CT molecular complexity index is 414. The third-order valence-electron chi connectivity index (χ3n) is 1.67. The van der Waals surface area contributed by atoms with Crippen molar-refractivity contribution < 1.29 is 9.66 Å². The van der Waals surface area contributed by atoms with Gasteiger partial charge in [0, 0.05) is 11.4 Å². The number of nitro benzene ring substituents is 1. The SMILES string of the molecule is N#CCOc1cc(CBr)ccc1[N+](=O)[O-]. The first-order valence-electron chi connectivity index (χ1n) is 4.02. The minimum absolute atomic E-state index is 0.124. The van der Waals surface area contributed by atoms with Crippen LogP contribution in [0.15, 0.2) is 18.2 Å². The lowest BCUT2D eigenvalue weighted by molar-refractivity contribution is -0.385. The molecular formula is C9H7BrN2O3. The molecule has 1 aromatic rings. The van der Waals surface area contributed by atoms with E-state index in [1.807, 2.05) is 0 Å². The zero-order valence-corrected chi connectivity index (χ0v) is 9.23. The molecule has 5 nitrogen and oxygen atoms in total. The van der Waals surface area contributed by atoms with Crippen molar-refractivity contribution in [2.75, 3.05) is 6.61 Å². The predicted molar refractivity (Wildman–Crippen MR) is 56.8 cm³/mol. The van der Waals surface area contributed by atoms with Crippen LogP contribution in [-0.2, 0) is 5.33 Å². The molecule has 78 valence electrons. The lowest BCUT2D eigenvalue weighted by atomic mass is 10.2. The van der Waals surface area contributed by atoms with E-state index in [1.165, 1.54) is 6.07 Å². The van der Waals surface area contributed by atoms with Gasteiger partial charge in [0.25, 0.3) is 0 Å². The Morgan fingerprint density at radius 1 is 1.60 bits per heavy atom. The maximum Gasteiger partial charge on any atom is 0.310 e. The van der Waals surface area contributed by atoms with Gasteiger partial charge in [-0.2, -0.15) is 5.26 Å². The number of hydrogen-bond donors (Lipinski definition) is 0. The Balaban J connectivity index is 3.06. The van der Waals surface area contributed by atoms with E-state index in [0.717, 1.165) is 5.56 Å². The number of ether oxygens (including phenoxy) is 1. The summed E-state index contributed by atoms with van der Waals surface area (Å²) in [5.74, 6) is 0.124. The molecule has 0 aliphatic rings. The second-order valence-electron chi connectivity index (χ2n) is 2.64. The van der Waals surface area contributed by atoms with E-state index in [2.05, 4.69) is 15.9 Å². The van der Waals surface area contributed by atoms with Crippen LogP contribution in [0.1, 0.15) is 5.56 Å². The van der Waals surface area contributed by atoms with Crippen LogP contribution in [0.2, 0.25) is 0 Å². The summed E-state index contributed by atoms with van der Waals surface area (Å²) in [6.45, 7) is -0.202. The average Bonchev–Trinajstić information content (AvgIpc) is 2.25. The number of hydrogen-bond acceptors (Lipinski definition) is 4. The largest absolute Gasteiger partial charge is 0.472 e. The number of benzene rings is 1. The van der Waals surface area contributed by atoms with E-state index >= 15 is 0 Å². The first-order chi connectivity index (χ1) is 7.19. The lowest BCUT2D eigenvalue weighted by Crippen LogP contribution is -1.99. The van der Waals surface area contributed by atoms with E-state index < -0.39 is 4.92 Å². The van der Waals surface area contributed by atoms with Gasteiger partial charge in [-0.05, 0) is 11.6 Å². The van der Waals surface area contributed by atoms with Crippen molar-refractivity contribution in [2.24, 2.45) is 0 Å². The molecule has 0 bridgehead atoms. The van der Waals surface area contributed by atoms with Crippen LogP contribution in [0.3, 0.4) is 0 Å². The van der Waals surface area contributed by atoms with Crippen molar-refractivity contribution in [3.8, 4) is 11.8 Å². The van der Waals surface area contributed by atoms with Crippen molar-refractivity contribution in [1.29, 1.82) is 5.26 Å². The van der Waals surface area contributed by atoms with E-state index in [4.69, 9.17) is 10.00 Å². The highest BCUT2D eigenvalue weighted by Crippen LogP contribution is 2.28. The summed E-state index contributed by atoms with van der Waals surface area (Å²) in [6.07, 6.45) is 0. The van der Waals surface area contributed by atoms with Gasteiger partial charge in [0.1, 0.15) is 6.07 Å². The monoisotopic (exact) mass is 270 g/mol. The molecule has 15 heavy (non-hydrogen) atoms. The standard InChI is InChI=1S/C9H7BrN2O3/c10-6-7-1-2-8(12(13)14)9(5-7)15-4-3-11/h1-2,5H,4,6H2. The average molecular weight is 271 g/mol. The third-order valence-corrected chi connectivity index (χ3v) is 2.31. The molecular weight excluding hydrogens is 264 g/mol. The molecule has 0 fully saturated rings. The van der Waals surface area contributed by atoms with Crippen molar-refractivity contribution in [3.63, 3.8) is 0 Å². The molecule has 0 amide bonds. The van der Waals surface area contributed by atoms with E-state index in [9.17, 15) is 10.1 Å². The van der Waals surface area contributed by atoms with Gasteiger partial charge < -0.3 is 4.74 Å². The van der Waals surface area contributed by atoms with Crippen LogP contribution in [-0.4, -0.2) is 11.5 Å². The third kappa shape index (κ3) is 2.92. The highest BCUT2D eigenvalue weighted by atomic mass is 79.9. The summed E-state index contributed by atoms with van der Waals surface area (Å²) in [6, 6.07) is 6.30. The topological polar surface area (TPSA) is 76.2 Å². The second kappa shape index (κ2) is 5.32. The summed E-state index contributed by atoms with van der Waals surface area (Å²) < 4.78 is 4.97. The second-order valence-corrected chi connectivity index (χ2v) is 3.20. The van der Waals surface area contributed by atoms with Crippen LogP contribution in [0.25, 0.3) is 0 Å². The molecule has 0 N–H and O–H groups in total. The van der Waals surface area contributed by atoms with Gasteiger partial charge in [-0.1, -0.05) is 22.0 Å². The maximum atomic E-state index is 10.6. The van der Waals surface area contributed by atoms with Crippen LogP contribution < -0.4 is 4.74 Å². The van der Waals surface area contributed by atoms with Gasteiger partial charge in [0.05, 0.1) is 4.92 Å². The molecule has 0 spiro atoms. The molecule has 1 rings (SSSR count). The molecule has 0 unspecified atom stereocenters. The van der Waals surface area contributed by atoms with Gasteiger partial charge >= 0.3 is 5.69 Å². The zero-order valence-electron chi connectivity index (χ0n) is 7.64. The minimum atomic E-state index is -0.537. The van der Waals surface area contributed by atoms with Gasteiger partial charge in [0.15, 0.2) is 12.4 Å². The van der Waals surface area contributed by atoms with Gasteiger partial charge in [-0.25, -0.2) is 0 Å². The van der Waals surface area contributed by atoms with Gasteiger partial charge in [-0.15, -0.1) is 0 Å². The fourth-order valence-electron chi connectivity index (χ4n) is 1.02. The molecule has 0 aromatic heterocycles. The van der Waals surface area contributed by atoms with Gasteiger partial charge in [-0.3, -0.25) is 10.1 Å². The quantitative estimate of drug-likeness (QED) is 0.478. The summed E-state index contributed by atoms with van der Waals surface area (Å²) in [4.78, 5) is 10.1. The summed E-state index contributed by atoms with van der Waals surface area (Å²) in [5.41, 5.74) is 0.725. The summed E-state index contributed by atoms with van der Waals surface area (Å²) >= 11 is 3.23. The van der Waals surface area contributed by atoms with Crippen LogP contribution >= 0.6 is 15.9 Å². The van der Waals surface area contributed by atoms with Crippen molar-refractivity contribution in [1.82, 2.24) is 0 Å².